The largest absolute Gasteiger partial charge is 0.508 e. The van der Waals surface area contributed by atoms with Crippen LogP contribution in [0.25, 0.3) is 73.7 Å². The number of aromatic hydroxyl groups is 2. The second-order valence-corrected chi connectivity index (χ2v) is 16.2. The van der Waals surface area contributed by atoms with Crippen molar-refractivity contribution < 1.29 is 10.2 Å². The molecule has 2 heterocycles. The van der Waals surface area contributed by atoms with Gasteiger partial charge in [-0.05, 0) is 150 Å². The predicted molar refractivity (Wildman–Crippen MR) is 224 cm³/mol. The van der Waals surface area contributed by atoms with Crippen molar-refractivity contribution in [2.24, 2.45) is 0 Å². The van der Waals surface area contributed by atoms with Crippen LogP contribution in [0.5, 0.6) is 11.5 Å². The van der Waals surface area contributed by atoms with Crippen molar-refractivity contribution in [2.45, 2.75) is 5.41 Å². The van der Waals surface area contributed by atoms with Crippen LogP contribution in [-0.2, 0) is 5.41 Å². The van der Waals surface area contributed by atoms with E-state index in [4.69, 9.17) is 0 Å². The summed E-state index contributed by atoms with van der Waals surface area (Å²) in [7, 11) is 0. The number of fused-ring (bicyclic) bond motifs is 7. The summed E-state index contributed by atoms with van der Waals surface area (Å²) >= 11 is 3.68. The zero-order chi connectivity index (χ0) is 35.3. The summed E-state index contributed by atoms with van der Waals surface area (Å²) in [5.41, 5.74) is 9.05. The Morgan fingerprint density at radius 3 is 1.26 bits per heavy atom. The van der Waals surface area contributed by atoms with E-state index < -0.39 is 5.41 Å². The Morgan fingerprint density at radius 2 is 0.792 bits per heavy atom. The molecule has 2 N–H and O–H groups in total. The average molecular weight is 715 g/mol. The minimum atomic E-state index is -0.639. The molecule has 11 rings (SSSR count). The second-order valence-electron chi connectivity index (χ2n) is 14.1. The van der Waals surface area contributed by atoms with Crippen molar-refractivity contribution in [3.8, 4) is 43.5 Å². The Bertz CT molecular complexity index is 2830. The zero-order valence-corrected chi connectivity index (χ0v) is 30.0. The number of phenols is 2. The Hall–Kier alpha value is -6.20. The van der Waals surface area contributed by atoms with Gasteiger partial charge in [0, 0.05) is 19.2 Å². The molecule has 0 atom stereocenters. The third-order valence-corrected chi connectivity index (χ3v) is 13.4. The van der Waals surface area contributed by atoms with Gasteiger partial charge in [0.05, 0.1) is 5.41 Å². The molecular weight excluding hydrogens is 685 g/mol. The van der Waals surface area contributed by atoms with Crippen molar-refractivity contribution in [3.63, 3.8) is 0 Å². The van der Waals surface area contributed by atoms with Gasteiger partial charge in [-0.15, -0.1) is 22.7 Å². The van der Waals surface area contributed by atoms with Gasteiger partial charge in [-0.1, -0.05) is 97.1 Å². The van der Waals surface area contributed by atoms with Gasteiger partial charge < -0.3 is 10.2 Å². The van der Waals surface area contributed by atoms with Gasteiger partial charge in [-0.3, -0.25) is 0 Å². The topological polar surface area (TPSA) is 40.5 Å². The van der Waals surface area contributed by atoms with E-state index in [9.17, 15) is 10.2 Å². The van der Waals surface area contributed by atoms with Gasteiger partial charge in [0.15, 0.2) is 0 Å². The molecular formula is C49H30O2S2. The van der Waals surface area contributed by atoms with E-state index in [0.29, 0.717) is 0 Å². The molecule has 0 spiro atoms. The first-order valence-electron chi connectivity index (χ1n) is 17.8. The van der Waals surface area contributed by atoms with Crippen LogP contribution in [0.1, 0.15) is 22.3 Å². The van der Waals surface area contributed by atoms with Gasteiger partial charge in [0.1, 0.15) is 11.5 Å². The summed E-state index contributed by atoms with van der Waals surface area (Å²) in [5.74, 6) is 0.522. The molecule has 53 heavy (non-hydrogen) atoms. The maximum absolute atomic E-state index is 10.3. The normalized spacial score (nSPS) is 13.2. The molecule has 0 saturated heterocycles. The molecule has 2 aromatic heterocycles. The number of rotatable bonds is 4. The SMILES string of the molecule is Oc1ccc2cc(C3(c4ccc5cc(O)ccc5c4)c4ccc(-c5cc6ccccc6s5)cc4-c4cc(-c5cc6ccccc6s5)ccc43)ccc2c1. The molecule has 0 aliphatic heterocycles. The van der Waals surface area contributed by atoms with E-state index in [1.807, 2.05) is 46.9 Å². The van der Waals surface area contributed by atoms with Crippen LogP contribution in [0.4, 0.5) is 0 Å². The van der Waals surface area contributed by atoms with Crippen molar-refractivity contribution in [3.05, 3.63) is 192 Å². The number of hydrogen-bond donors (Lipinski definition) is 2. The van der Waals surface area contributed by atoms with Gasteiger partial charge >= 0.3 is 0 Å². The minimum absolute atomic E-state index is 0.261. The standard InChI is InChI=1S/C49H30O2S2/c50-39-17-11-29-21-37(15-9-31(29)23-39)49(38-16-10-32-24-40(51)18-12-30(32)22-38)43-19-13-35(47-27-33-5-1-3-7-45(33)52-47)25-41(43)42-26-36(14-20-44(42)49)48-28-34-6-2-4-8-46(34)53-48/h1-28,50-51H. The van der Waals surface area contributed by atoms with Gasteiger partial charge in [-0.2, -0.15) is 0 Å². The van der Waals surface area contributed by atoms with E-state index in [2.05, 4.69) is 133 Å². The third kappa shape index (κ3) is 4.63. The Labute approximate surface area is 314 Å². The lowest BCUT2D eigenvalue weighted by Gasteiger charge is -2.34. The van der Waals surface area contributed by atoms with E-state index in [1.54, 1.807) is 12.1 Å². The first-order chi connectivity index (χ1) is 26.0. The zero-order valence-electron chi connectivity index (χ0n) is 28.4. The smallest absolute Gasteiger partial charge is 0.116 e. The summed E-state index contributed by atoms with van der Waals surface area (Å²) in [6.07, 6.45) is 0. The van der Waals surface area contributed by atoms with Crippen molar-refractivity contribution in [2.75, 3.05) is 0 Å². The fraction of sp³-hybridized carbons (Fsp3) is 0.0204. The summed E-state index contributed by atoms with van der Waals surface area (Å²) in [6.45, 7) is 0. The van der Waals surface area contributed by atoms with Crippen LogP contribution in [0.3, 0.4) is 0 Å². The molecule has 1 aliphatic rings. The maximum atomic E-state index is 10.3. The molecule has 0 fully saturated rings. The lowest BCUT2D eigenvalue weighted by Crippen LogP contribution is -2.28. The van der Waals surface area contributed by atoms with E-state index >= 15 is 0 Å². The van der Waals surface area contributed by atoms with Gasteiger partial charge in [-0.25, -0.2) is 0 Å². The minimum Gasteiger partial charge on any atom is -0.508 e. The van der Waals surface area contributed by atoms with Crippen molar-refractivity contribution in [1.29, 1.82) is 0 Å². The van der Waals surface area contributed by atoms with Crippen molar-refractivity contribution in [1.82, 2.24) is 0 Å². The molecule has 250 valence electrons. The molecule has 1 aliphatic carbocycles. The fourth-order valence-electron chi connectivity index (χ4n) is 8.61. The summed E-state index contributed by atoms with van der Waals surface area (Å²) in [4.78, 5) is 2.51. The van der Waals surface area contributed by atoms with Gasteiger partial charge in [0.25, 0.3) is 0 Å². The van der Waals surface area contributed by atoms with E-state index in [1.165, 1.54) is 63.3 Å². The second kappa shape index (κ2) is 11.4. The molecule has 0 amide bonds. The molecule has 0 bridgehead atoms. The number of hydrogen-bond acceptors (Lipinski definition) is 4. The third-order valence-electron chi connectivity index (χ3n) is 11.1. The fourth-order valence-corrected chi connectivity index (χ4v) is 10.7. The highest BCUT2D eigenvalue weighted by Crippen LogP contribution is 2.58. The molecule has 10 aromatic rings. The number of thiophene rings is 2. The first kappa shape index (κ1) is 30.4. The summed E-state index contributed by atoms with van der Waals surface area (Å²) < 4.78 is 2.57. The Morgan fingerprint density at radius 1 is 0.358 bits per heavy atom. The Balaban J connectivity index is 1.23. The molecule has 0 unspecified atom stereocenters. The molecule has 0 saturated carbocycles. The Kier molecular flexibility index (Phi) is 6.54. The number of phenolic OH excluding ortho intramolecular Hbond substituents is 2. The highest BCUT2D eigenvalue weighted by atomic mass is 32.1. The monoisotopic (exact) mass is 714 g/mol. The molecule has 0 radical (unpaired) electrons. The molecule has 2 nitrogen and oxygen atoms in total. The summed E-state index contributed by atoms with van der Waals surface area (Å²) in [5, 5.41) is 27.3. The quantitative estimate of drug-likeness (QED) is 0.191. The average Bonchev–Trinajstić information content (AvgIpc) is 3.90. The van der Waals surface area contributed by atoms with Crippen LogP contribution in [0, 0.1) is 0 Å². The molecule has 4 heteroatoms. The summed E-state index contributed by atoms with van der Waals surface area (Å²) in [6, 6.07) is 60.6. The maximum Gasteiger partial charge on any atom is 0.116 e. The highest BCUT2D eigenvalue weighted by molar-refractivity contribution is 7.22. The first-order valence-corrected chi connectivity index (χ1v) is 19.4. The van der Waals surface area contributed by atoms with Crippen LogP contribution in [-0.4, -0.2) is 10.2 Å². The van der Waals surface area contributed by atoms with E-state index in [-0.39, 0.29) is 11.5 Å². The van der Waals surface area contributed by atoms with Crippen LogP contribution in [0.15, 0.2) is 170 Å². The van der Waals surface area contributed by atoms with E-state index in [0.717, 1.165) is 32.7 Å². The predicted octanol–water partition coefficient (Wildman–Crippen LogP) is 13.5. The number of benzene rings is 8. The highest BCUT2D eigenvalue weighted by Gasteiger charge is 2.46. The molecule has 8 aromatic carbocycles. The van der Waals surface area contributed by atoms with Crippen LogP contribution in [0.2, 0.25) is 0 Å². The van der Waals surface area contributed by atoms with Gasteiger partial charge in [0.2, 0.25) is 0 Å². The lowest BCUT2D eigenvalue weighted by atomic mass is 9.67. The van der Waals surface area contributed by atoms with Crippen molar-refractivity contribution >= 4 is 64.4 Å². The van der Waals surface area contributed by atoms with Crippen LogP contribution < -0.4 is 0 Å². The van der Waals surface area contributed by atoms with Crippen LogP contribution >= 0.6 is 22.7 Å². The lowest BCUT2D eigenvalue weighted by molar-refractivity contribution is 0.475.